The summed E-state index contributed by atoms with van der Waals surface area (Å²) in [4.78, 5) is 14.5. The molecule has 5 nitrogen and oxygen atoms in total. The van der Waals surface area contributed by atoms with Gasteiger partial charge in [0.2, 0.25) is 0 Å². The Morgan fingerprint density at radius 1 is 1.53 bits per heavy atom. The highest BCUT2D eigenvalue weighted by Gasteiger charge is 2.12. The Morgan fingerprint density at radius 2 is 2.29 bits per heavy atom. The van der Waals surface area contributed by atoms with Crippen LogP contribution in [0.2, 0.25) is 0 Å². The third kappa shape index (κ3) is 2.56. The van der Waals surface area contributed by atoms with E-state index in [1.54, 1.807) is 6.92 Å². The highest BCUT2D eigenvalue weighted by molar-refractivity contribution is 7.07. The van der Waals surface area contributed by atoms with Gasteiger partial charge >= 0.3 is 5.97 Å². The first kappa shape index (κ1) is 11.5. The number of rotatable bonds is 3. The monoisotopic (exact) mass is 254 g/mol. The van der Waals surface area contributed by atoms with Crippen molar-refractivity contribution in [1.82, 2.24) is 9.36 Å². The van der Waals surface area contributed by atoms with E-state index in [1.165, 1.54) is 6.07 Å². The Kier molecular flexibility index (Phi) is 3.01. The Balaban J connectivity index is 2.23. The summed E-state index contributed by atoms with van der Waals surface area (Å²) < 4.78 is 22.4. The molecular weight excluding hydrogens is 247 g/mol. The minimum absolute atomic E-state index is 0.184. The first-order chi connectivity index (χ1) is 8.06. The molecule has 7 heteroatoms. The molecule has 0 radical (unpaired) electrons. The predicted molar refractivity (Wildman–Crippen MR) is 58.1 cm³/mol. The van der Waals surface area contributed by atoms with E-state index in [9.17, 15) is 9.18 Å². The first-order valence-corrected chi connectivity index (χ1v) is 5.34. The molecule has 0 saturated carbocycles. The molecule has 2 aromatic rings. The molecule has 0 aliphatic rings. The summed E-state index contributed by atoms with van der Waals surface area (Å²) in [5.74, 6) is -1.42. The van der Waals surface area contributed by atoms with E-state index < -0.39 is 17.3 Å². The number of aromatic carboxylic acids is 1. The van der Waals surface area contributed by atoms with Gasteiger partial charge in [-0.25, -0.2) is 9.18 Å². The maximum absolute atomic E-state index is 13.3. The summed E-state index contributed by atoms with van der Waals surface area (Å²) in [7, 11) is 0. The molecule has 1 aromatic carbocycles. The molecule has 0 aliphatic heterocycles. The van der Waals surface area contributed by atoms with Crippen LogP contribution in [0.15, 0.2) is 18.2 Å². The van der Waals surface area contributed by atoms with Crippen LogP contribution in [0, 0.1) is 12.7 Å². The summed E-state index contributed by atoms with van der Waals surface area (Å²) in [6.07, 6.45) is 0. The van der Waals surface area contributed by atoms with Crippen molar-refractivity contribution in [2.75, 3.05) is 0 Å². The molecule has 0 unspecified atom stereocenters. The number of aromatic nitrogens is 2. The van der Waals surface area contributed by atoms with Gasteiger partial charge in [0, 0.05) is 17.6 Å². The third-order valence-corrected chi connectivity index (χ3v) is 2.57. The Morgan fingerprint density at radius 3 is 2.82 bits per heavy atom. The normalized spacial score (nSPS) is 10.2. The van der Waals surface area contributed by atoms with Gasteiger partial charge in [-0.05, 0) is 19.1 Å². The standard InChI is InChI=1S/C10H7FN2O3S/c1-5-12-10(17-13-5)16-6-2-3-7(9(14)15)8(11)4-6/h2-4H,1H3,(H,14,15). The van der Waals surface area contributed by atoms with Gasteiger partial charge in [-0.15, -0.1) is 0 Å². The van der Waals surface area contributed by atoms with Gasteiger partial charge in [-0.2, -0.15) is 9.36 Å². The molecule has 0 bridgehead atoms. The average molecular weight is 254 g/mol. The lowest BCUT2D eigenvalue weighted by Crippen LogP contribution is -2.00. The molecule has 88 valence electrons. The maximum atomic E-state index is 13.3. The third-order valence-electron chi connectivity index (χ3n) is 1.89. The molecule has 1 heterocycles. The molecule has 1 N–H and O–H groups in total. The number of carboxylic acids is 1. The van der Waals surface area contributed by atoms with Crippen LogP contribution in [0.4, 0.5) is 4.39 Å². The van der Waals surface area contributed by atoms with Gasteiger partial charge in [-0.1, -0.05) is 0 Å². The van der Waals surface area contributed by atoms with Gasteiger partial charge in [0.25, 0.3) is 5.19 Å². The summed E-state index contributed by atoms with van der Waals surface area (Å²) in [6.45, 7) is 1.71. The second-order valence-corrected chi connectivity index (χ2v) is 3.87. The Bertz CT molecular complexity index is 570. The van der Waals surface area contributed by atoms with Gasteiger partial charge < -0.3 is 9.84 Å². The number of halogens is 1. The summed E-state index contributed by atoms with van der Waals surface area (Å²) in [5, 5.41) is 8.93. The van der Waals surface area contributed by atoms with E-state index in [2.05, 4.69) is 9.36 Å². The van der Waals surface area contributed by atoms with Gasteiger partial charge in [0.1, 0.15) is 17.4 Å². The number of hydrogen-bond donors (Lipinski definition) is 1. The van der Waals surface area contributed by atoms with Gasteiger partial charge in [-0.3, -0.25) is 0 Å². The van der Waals surface area contributed by atoms with Crippen molar-refractivity contribution in [2.45, 2.75) is 6.92 Å². The topological polar surface area (TPSA) is 72.3 Å². The number of carbonyl (C=O) groups is 1. The van der Waals surface area contributed by atoms with Crippen LogP contribution in [0.5, 0.6) is 10.9 Å². The smallest absolute Gasteiger partial charge is 0.338 e. The van der Waals surface area contributed by atoms with E-state index in [4.69, 9.17) is 9.84 Å². The minimum atomic E-state index is -1.32. The predicted octanol–water partition coefficient (Wildman–Crippen LogP) is 2.48. The van der Waals surface area contributed by atoms with Crippen molar-refractivity contribution in [3.63, 3.8) is 0 Å². The van der Waals surface area contributed by atoms with Crippen molar-refractivity contribution in [2.24, 2.45) is 0 Å². The molecule has 0 atom stereocenters. The molecule has 0 saturated heterocycles. The van der Waals surface area contributed by atoms with Gasteiger partial charge in [0.15, 0.2) is 0 Å². The zero-order valence-electron chi connectivity index (χ0n) is 8.68. The number of ether oxygens (including phenoxy) is 1. The summed E-state index contributed by atoms with van der Waals surface area (Å²) in [5.41, 5.74) is -0.397. The van der Waals surface area contributed by atoms with Crippen LogP contribution in [0.25, 0.3) is 0 Å². The number of hydrogen-bond acceptors (Lipinski definition) is 5. The molecule has 0 amide bonds. The van der Waals surface area contributed by atoms with E-state index in [-0.39, 0.29) is 10.9 Å². The lowest BCUT2D eigenvalue weighted by Gasteiger charge is -2.02. The van der Waals surface area contributed by atoms with Gasteiger partial charge in [0.05, 0.1) is 5.56 Å². The first-order valence-electron chi connectivity index (χ1n) is 4.57. The summed E-state index contributed by atoms with van der Waals surface area (Å²) >= 11 is 1.04. The average Bonchev–Trinajstić information content (AvgIpc) is 2.63. The summed E-state index contributed by atoms with van der Waals surface area (Å²) in [6, 6.07) is 3.50. The zero-order chi connectivity index (χ0) is 12.4. The molecule has 0 fully saturated rings. The fourth-order valence-electron chi connectivity index (χ4n) is 1.15. The van der Waals surface area contributed by atoms with Crippen molar-refractivity contribution in [3.05, 3.63) is 35.4 Å². The van der Waals surface area contributed by atoms with Crippen LogP contribution in [-0.2, 0) is 0 Å². The van der Waals surface area contributed by atoms with Crippen molar-refractivity contribution < 1.29 is 19.0 Å². The maximum Gasteiger partial charge on any atom is 0.338 e. The Hall–Kier alpha value is -2.02. The van der Waals surface area contributed by atoms with Crippen LogP contribution in [-0.4, -0.2) is 20.4 Å². The van der Waals surface area contributed by atoms with Crippen molar-refractivity contribution in [3.8, 4) is 10.9 Å². The number of nitrogens with zero attached hydrogens (tertiary/aromatic N) is 2. The largest absolute Gasteiger partial charge is 0.478 e. The van der Waals surface area contributed by atoms with Crippen molar-refractivity contribution in [1.29, 1.82) is 0 Å². The minimum Gasteiger partial charge on any atom is -0.478 e. The molecule has 0 spiro atoms. The highest BCUT2D eigenvalue weighted by atomic mass is 32.1. The zero-order valence-corrected chi connectivity index (χ0v) is 9.49. The fourth-order valence-corrected chi connectivity index (χ4v) is 1.71. The SMILES string of the molecule is Cc1nsc(Oc2ccc(C(=O)O)c(F)c2)n1. The molecule has 0 aliphatic carbocycles. The van der Waals surface area contributed by atoms with Crippen LogP contribution >= 0.6 is 11.5 Å². The fraction of sp³-hybridized carbons (Fsp3) is 0.100. The second kappa shape index (κ2) is 4.46. The molecule has 1 aromatic heterocycles. The van der Waals surface area contributed by atoms with E-state index >= 15 is 0 Å². The molecular formula is C10H7FN2O3S. The molecule has 2 rings (SSSR count). The lowest BCUT2D eigenvalue weighted by molar-refractivity contribution is 0.0692. The number of aryl methyl sites for hydroxylation is 1. The van der Waals surface area contributed by atoms with E-state index in [0.29, 0.717) is 5.82 Å². The Labute approximate surface area is 99.7 Å². The second-order valence-electron chi connectivity index (χ2n) is 3.16. The number of benzene rings is 1. The van der Waals surface area contributed by atoms with Crippen molar-refractivity contribution >= 4 is 17.5 Å². The van der Waals surface area contributed by atoms with Crippen LogP contribution < -0.4 is 4.74 Å². The number of carboxylic acid groups (broad SMARTS) is 1. The highest BCUT2D eigenvalue weighted by Crippen LogP contribution is 2.24. The van der Waals surface area contributed by atoms with E-state index in [0.717, 1.165) is 23.7 Å². The van der Waals surface area contributed by atoms with Crippen LogP contribution in [0.3, 0.4) is 0 Å². The van der Waals surface area contributed by atoms with Crippen LogP contribution in [0.1, 0.15) is 16.2 Å². The quantitative estimate of drug-likeness (QED) is 0.910. The molecule has 17 heavy (non-hydrogen) atoms. The van der Waals surface area contributed by atoms with E-state index in [1.807, 2.05) is 0 Å². The lowest BCUT2D eigenvalue weighted by atomic mass is 10.2.